The fourth-order valence-electron chi connectivity index (χ4n) is 2.70. The van der Waals surface area contributed by atoms with Crippen molar-refractivity contribution in [3.63, 3.8) is 0 Å². The fraction of sp³-hybridized carbons (Fsp3) is 0.0952. The smallest absolute Gasteiger partial charge is 0.150 e. The molecule has 25 heavy (non-hydrogen) atoms. The number of benzene rings is 3. The lowest BCUT2D eigenvalue weighted by Gasteiger charge is -2.26. The van der Waals surface area contributed by atoms with Crippen LogP contribution in [0, 0.1) is 0 Å². The number of rotatable bonds is 6. The molecule has 0 bridgehead atoms. The number of hydrogen-bond acceptors (Lipinski definition) is 4. The van der Waals surface area contributed by atoms with E-state index < -0.39 is 0 Å². The summed E-state index contributed by atoms with van der Waals surface area (Å²) in [4.78, 5) is 13.1. The van der Waals surface area contributed by atoms with Gasteiger partial charge in [-0.1, -0.05) is 0 Å². The second-order valence-corrected chi connectivity index (χ2v) is 5.64. The summed E-state index contributed by atoms with van der Waals surface area (Å²) < 4.78 is 0. The summed E-state index contributed by atoms with van der Waals surface area (Å²) >= 11 is 0. The Morgan fingerprint density at radius 2 is 1.00 bits per heavy atom. The summed E-state index contributed by atoms with van der Waals surface area (Å²) in [5.74, 6) is 0. The van der Waals surface area contributed by atoms with E-state index >= 15 is 0 Å². The molecule has 0 aliphatic heterocycles. The number of anilines is 5. The maximum atomic E-state index is 10.9. The Labute approximate surface area is 148 Å². The van der Waals surface area contributed by atoms with Crippen LogP contribution in [0.1, 0.15) is 10.4 Å². The van der Waals surface area contributed by atoms with E-state index in [9.17, 15) is 4.79 Å². The van der Waals surface area contributed by atoms with Crippen molar-refractivity contribution in [3.8, 4) is 0 Å². The van der Waals surface area contributed by atoms with Crippen molar-refractivity contribution in [2.24, 2.45) is 0 Å². The molecule has 0 aliphatic carbocycles. The summed E-state index contributed by atoms with van der Waals surface area (Å²) in [5.41, 5.74) is 5.89. The minimum Gasteiger partial charge on any atom is -0.388 e. The maximum absolute atomic E-state index is 10.9. The van der Waals surface area contributed by atoms with Crippen LogP contribution in [0.5, 0.6) is 0 Å². The third kappa shape index (κ3) is 3.63. The zero-order valence-electron chi connectivity index (χ0n) is 14.4. The van der Waals surface area contributed by atoms with Crippen LogP contribution in [0.15, 0.2) is 72.8 Å². The van der Waals surface area contributed by atoms with Gasteiger partial charge in [0.2, 0.25) is 0 Å². The van der Waals surface area contributed by atoms with Crippen molar-refractivity contribution in [1.82, 2.24) is 0 Å². The van der Waals surface area contributed by atoms with Crippen LogP contribution in [0.2, 0.25) is 0 Å². The monoisotopic (exact) mass is 331 g/mol. The highest BCUT2D eigenvalue weighted by Gasteiger charge is 2.12. The van der Waals surface area contributed by atoms with Crippen molar-refractivity contribution in [2.75, 3.05) is 29.6 Å². The van der Waals surface area contributed by atoms with Gasteiger partial charge in [-0.15, -0.1) is 0 Å². The van der Waals surface area contributed by atoms with Crippen LogP contribution in [0.25, 0.3) is 0 Å². The Hall–Kier alpha value is -3.27. The Morgan fingerprint density at radius 3 is 1.32 bits per heavy atom. The van der Waals surface area contributed by atoms with Crippen molar-refractivity contribution >= 4 is 34.7 Å². The first-order chi connectivity index (χ1) is 12.2. The molecule has 4 nitrogen and oxygen atoms in total. The van der Waals surface area contributed by atoms with Gasteiger partial charge in [-0.05, 0) is 72.8 Å². The van der Waals surface area contributed by atoms with Gasteiger partial charge in [-0.3, -0.25) is 4.79 Å². The number of aldehydes is 1. The molecule has 2 N–H and O–H groups in total. The first kappa shape index (κ1) is 16.6. The van der Waals surface area contributed by atoms with E-state index in [0.29, 0.717) is 5.56 Å². The van der Waals surface area contributed by atoms with Crippen molar-refractivity contribution in [2.45, 2.75) is 0 Å². The average molecular weight is 331 g/mol. The van der Waals surface area contributed by atoms with Crippen LogP contribution >= 0.6 is 0 Å². The highest BCUT2D eigenvalue weighted by molar-refractivity contribution is 5.81. The van der Waals surface area contributed by atoms with E-state index in [1.807, 2.05) is 62.6 Å². The molecule has 0 atom stereocenters. The van der Waals surface area contributed by atoms with Gasteiger partial charge in [0.25, 0.3) is 0 Å². The van der Waals surface area contributed by atoms with Crippen LogP contribution in [0.4, 0.5) is 28.4 Å². The maximum Gasteiger partial charge on any atom is 0.150 e. The van der Waals surface area contributed by atoms with Crippen molar-refractivity contribution < 1.29 is 4.79 Å². The highest BCUT2D eigenvalue weighted by atomic mass is 16.1. The number of nitrogens with zero attached hydrogens (tertiary/aromatic N) is 1. The molecule has 0 radical (unpaired) electrons. The molecule has 0 aliphatic rings. The quantitative estimate of drug-likeness (QED) is 0.620. The fourth-order valence-corrected chi connectivity index (χ4v) is 2.70. The van der Waals surface area contributed by atoms with Crippen LogP contribution in [-0.4, -0.2) is 20.4 Å². The van der Waals surface area contributed by atoms with Crippen LogP contribution in [-0.2, 0) is 0 Å². The number of carbonyl (C=O) groups excluding carboxylic acids is 1. The molecule has 0 spiro atoms. The van der Waals surface area contributed by atoms with E-state index in [1.165, 1.54) is 0 Å². The zero-order valence-corrected chi connectivity index (χ0v) is 14.4. The Morgan fingerprint density at radius 1 is 0.640 bits per heavy atom. The normalized spacial score (nSPS) is 10.2. The van der Waals surface area contributed by atoms with Gasteiger partial charge < -0.3 is 15.5 Å². The molecule has 0 amide bonds. The SMILES string of the molecule is CNc1ccc(N(c2ccc(C=O)cc2)c2ccc(NC)cc2)cc1. The standard InChI is InChI=1S/C21H21N3O/c1-22-17-5-11-20(12-6-17)24(19-9-3-16(15-25)4-10-19)21-13-7-18(23-2)8-14-21/h3-15,22-23H,1-2H3. The molecule has 3 aromatic rings. The van der Waals surface area contributed by atoms with Crippen LogP contribution in [0.3, 0.4) is 0 Å². The first-order valence-electron chi connectivity index (χ1n) is 8.16. The largest absolute Gasteiger partial charge is 0.388 e. The lowest BCUT2D eigenvalue weighted by molar-refractivity contribution is 0.112. The second-order valence-electron chi connectivity index (χ2n) is 5.64. The first-order valence-corrected chi connectivity index (χ1v) is 8.16. The Bertz CT molecular complexity index is 777. The summed E-state index contributed by atoms with van der Waals surface area (Å²) in [5, 5.41) is 6.27. The third-order valence-electron chi connectivity index (χ3n) is 4.12. The third-order valence-corrected chi connectivity index (χ3v) is 4.12. The second kappa shape index (κ2) is 7.53. The highest BCUT2D eigenvalue weighted by Crippen LogP contribution is 2.35. The van der Waals surface area contributed by atoms with Gasteiger partial charge in [-0.25, -0.2) is 0 Å². The molecule has 0 unspecified atom stereocenters. The Kier molecular flexibility index (Phi) is 5.00. The average Bonchev–Trinajstić information content (AvgIpc) is 2.70. The van der Waals surface area contributed by atoms with Gasteiger partial charge in [0.15, 0.2) is 0 Å². The van der Waals surface area contributed by atoms with E-state index in [4.69, 9.17) is 0 Å². The van der Waals surface area contributed by atoms with E-state index in [1.54, 1.807) is 0 Å². The molecule has 0 saturated carbocycles. The van der Waals surface area contributed by atoms with Gasteiger partial charge in [0.1, 0.15) is 6.29 Å². The minimum absolute atomic E-state index is 0.666. The molecule has 0 fully saturated rings. The molecule has 0 saturated heterocycles. The molecular weight excluding hydrogens is 310 g/mol. The molecule has 126 valence electrons. The molecule has 4 heteroatoms. The molecule has 0 aromatic heterocycles. The lowest BCUT2D eigenvalue weighted by Crippen LogP contribution is -2.10. The van der Waals surface area contributed by atoms with Gasteiger partial charge >= 0.3 is 0 Å². The number of hydrogen-bond donors (Lipinski definition) is 2. The summed E-state index contributed by atoms with van der Waals surface area (Å²) in [6, 6.07) is 24.1. The van der Waals surface area contributed by atoms with Gasteiger partial charge in [-0.2, -0.15) is 0 Å². The van der Waals surface area contributed by atoms with E-state index in [2.05, 4.69) is 39.8 Å². The minimum atomic E-state index is 0.666. The summed E-state index contributed by atoms with van der Waals surface area (Å²) in [7, 11) is 3.81. The van der Waals surface area contributed by atoms with E-state index in [-0.39, 0.29) is 0 Å². The summed E-state index contributed by atoms with van der Waals surface area (Å²) in [6.45, 7) is 0. The van der Waals surface area contributed by atoms with Crippen molar-refractivity contribution in [3.05, 3.63) is 78.4 Å². The zero-order chi connectivity index (χ0) is 17.6. The van der Waals surface area contributed by atoms with Crippen molar-refractivity contribution in [1.29, 1.82) is 0 Å². The molecule has 3 rings (SSSR count). The molecular formula is C21H21N3O. The predicted molar refractivity (Wildman–Crippen MR) is 106 cm³/mol. The Balaban J connectivity index is 2.06. The van der Waals surface area contributed by atoms with Gasteiger partial charge in [0.05, 0.1) is 0 Å². The van der Waals surface area contributed by atoms with E-state index in [0.717, 1.165) is 34.7 Å². The number of carbonyl (C=O) groups is 1. The van der Waals surface area contributed by atoms with Crippen LogP contribution < -0.4 is 15.5 Å². The predicted octanol–water partition coefficient (Wildman–Crippen LogP) is 5.05. The van der Waals surface area contributed by atoms with Gasteiger partial charge in [0, 0.05) is 48.1 Å². The lowest BCUT2D eigenvalue weighted by atomic mass is 10.1. The molecule has 0 heterocycles. The number of nitrogens with one attached hydrogen (secondary N) is 2. The summed E-state index contributed by atoms with van der Waals surface area (Å²) in [6.07, 6.45) is 0.859. The topological polar surface area (TPSA) is 44.4 Å². The molecule has 3 aromatic carbocycles.